The molecule has 0 saturated carbocycles. The molecule has 0 unspecified atom stereocenters. The van der Waals surface area contributed by atoms with Gasteiger partial charge in [0.05, 0.1) is 23.4 Å². The fourth-order valence-corrected chi connectivity index (χ4v) is 2.79. The molecule has 0 aliphatic carbocycles. The Morgan fingerprint density at radius 3 is 2.65 bits per heavy atom. The number of ether oxygens (including phenoxy) is 1. The van der Waals surface area contributed by atoms with Gasteiger partial charge in [-0.3, -0.25) is 0 Å². The van der Waals surface area contributed by atoms with Gasteiger partial charge in [0.1, 0.15) is 0 Å². The van der Waals surface area contributed by atoms with Crippen molar-refractivity contribution in [3.8, 4) is 6.07 Å². The Kier molecular flexibility index (Phi) is 4.03. The van der Waals surface area contributed by atoms with Gasteiger partial charge in [-0.25, -0.2) is 0 Å². The van der Waals surface area contributed by atoms with E-state index in [0.29, 0.717) is 11.7 Å². The standard InChI is InChI=1S/C13H15BrN2O/c1-17-11-4-6-16(7-5-11)13-3-2-10(9-15)8-12(13)14/h2-3,8,11H,4-7H2,1H3. The van der Waals surface area contributed by atoms with Gasteiger partial charge >= 0.3 is 0 Å². The molecule has 0 amide bonds. The average molecular weight is 295 g/mol. The van der Waals surface area contributed by atoms with Crippen LogP contribution < -0.4 is 4.90 Å². The lowest BCUT2D eigenvalue weighted by Crippen LogP contribution is -2.36. The van der Waals surface area contributed by atoms with Crippen LogP contribution in [0.3, 0.4) is 0 Å². The minimum absolute atomic E-state index is 0.392. The molecule has 1 heterocycles. The Bertz CT molecular complexity index is 434. The summed E-state index contributed by atoms with van der Waals surface area (Å²) in [5, 5.41) is 8.83. The molecule has 0 aromatic heterocycles. The van der Waals surface area contributed by atoms with Gasteiger partial charge < -0.3 is 9.64 Å². The van der Waals surface area contributed by atoms with Crippen LogP contribution >= 0.6 is 15.9 Å². The first-order valence-corrected chi connectivity index (χ1v) is 6.51. The zero-order valence-corrected chi connectivity index (χ0v) is 11.4. The van der Waals surface area contributed by atoms with Gasteiger partial charge in [-0.1, -0.05) is 0 Å². The van der Waals surface area contributed by atoms with Crippen LogP contribution in [-0.2, 0) is 4.74 Å². The molecule has 4 heteroatoms. The van der Waals surface area contributed by atoms with Crippen molar-refractivity contribution in [3.05, 3.63) is 28.2 Å². The summed E-state index contributed by atoms with van der Waals surface area (Å²) in [7, 11) is 1.78. The third kappa shape index (κ3) is 2.80. The van der Waals surface area contributed by atoms with Gasteiger partial charge in [0.15, 0.2) is 0 Å². The Morgan fingerprint density at radius 1 is 1.41 bits per heavy atom. The van der Waals surface area contributed by atoms with Crippen LogP contribution in [0.1, 0.15) is 18.4 Å². The minimum atomic E-state index is 0.392. The molecular weight excluding hydrogens is 280 g/mol. The number of nitrogens with zero attached hydrogens (tertiary/aromatic N) is 2. The fourth-order valence-electron chi connectivity index (χ4n) is 2.17. The number of hydrogen-bond acceptors (Lipinski definition) is 3. The highest BCUT2D eigenvalue weighted by Gasteiger charge is 2.20. The Balaban J connectivity index is 2.11. The van der Waals surface area contributed by atoms with Gasteiger partial charge in [-0.15, -0.1) is 0 Å². The van der Waals surface area contributed by atoms with E-state index in [1.54, 1.807) is 7.11 Å². The Morgan fingerprint density at radius 2 is 2.12 bits per heavy atom. The van der Waals surface area contributed by atoms with Crippen molar-refractivity contribution >= 4 is 21.6 Å². The fraction of sp³-hybridized carbons (Fsp3) is 0.462. The molecule has 17 heavy (non-hydrogen) atoms. The molecule has 0 spiro atoms. The molecule has 90 valence electrons. The summed E-state index contributed by atoms with van der Waals surface area (Å²) < 4.78 is 6.35. The quantitative estimate of drug-likeness (QED) is 0.841. The monoisotopic (exact) mass is 294 g/mol. The molecule has 2 rings (SSSR count). The van der Waals surface area contributed by atoms with E-state index in [-0.39, 0.29) is 0 Å². The lowest BCUT2D eigenvalue weighted by Gasteiger charge is -2.33. The number of hydrogen-bond donors (Lipinski definition) is 0. The summed E-state index contributed by atoms with van der Waals surface area (Å²) in [5.74, 6) is 0. The van der Waals surface area contributed by atoms with Crippen LogP contribution in [0.4, 0.5) is 5.69 Å². The van der Waals surface area contributed by atoms with Crippen molar-refractivity contribution < 1.29 is 4.74 Å². The molecule has 1 aliphatic heterocycles. The molecule has 1 aliphatic rings. The van der Waals surface area contributed by atoms with Crippen molar-refractivity contribution in [1.82, 2.24) is 0 Å². The van der Waals surface area contributed by atoms with Gasteiger partial charge in [0.2, 0.25) is 0 Å². The number of halogens is 1. The molecule has 0 bridgehead atoms. The molecule has 0 atom stereocenters. The first-order chi connectivity index (χ1) is 8.24. The number of piperidine rings is 1. The van der Waals surface area contributed by atoms with Crippen LogP contribution in [0.5, 0.6) is 0 Å². The Labute approximate surface area is 110 Å². The van der Waals surface area contributed by atoms with Crippen molar-refractivity contribution in [2.75, 3.05) is 25.1 Å². The number of benzene rings is 1. The summed E-state index contributed by atoms with van der Waals surface area (Å²) in [6.45, 7) is 2.01. The van der Waals surface area contributed by atoms with Crippen LogP contribution in [-0.4, -0.2) is 26.3 Å². The topological polar surface area (TPSA) is 36.3 Å². The second-order valence-electron chi connectivity index (χ2n) is 4.20. The molecule has 3 nitrogen and oxygen atoms in total. The predicted octanol–water partition coefficient (Wildman–Crippen LogP) is 2.94. The van der Waals surface area contributed by atoms with Gasteiger partial charge in [-0.05, 0) is 47.0 Å². The van der Waals surface area contributed by atoms with Crippen LogP contribution in [0.2, 0.25) is 0 Å². The van der Waals surface area contributed by atoms with Crippen molar-refractivity contribution in [2.45, 2.75) is 18.9 Å². The van der Waals surface area contributed by atoms with E-state index in [1.165, 1.54) is 5.69 Å². The summed E-state index contributed by atoms with van der Waals surface area (Å²) in [6.07, 6.45) is 2.51. The number of methoxy groups -OCH3 is 1. The molecule has 1 saturated heterocycles. The number of anilines is 1. The van der Waals surface area contributed by atoms with Crippen LogP contribution in [0.15, 0.2) is 22.7 Å². The summed E-state index contributed by atoms with van der Waals surface area (Å²) in [4.78, 5) is 2.33. The van der Waals surface area contributed by atoms with Gasteiger partial charge in [0, 0.05) is 24.7 Å². The molecule has 0 radical (unpaired) electrons. The van der Waals surface area contributed by atoms with Crippen LogP contribution in [0, 0.1) is 11.3 Å². The van der Waals surface area contributed by atoms with Crippen molar-refractivity contribution in [1.29, 1.82) is 5.26 Å². The molecule has 1 fully saturated rings. The number of nitriles is 1. The average Bonchev–Trinajstić information content (AvgIpc) is 2.39. The SMILES string of the molecule is COC1CCN(c2ccc(C#N)cc2Br)CC1. The van der Waals surface area contributed by atoms with Crippen LogP contribution in [0.25, 0.3) is 0 Å². The second-order valence-corrected chi connectivity index (χ2v) is 5.05. The van der Waals surface area contributed by atoms with E-state index in [1.807, 2.05) is 18.2 Å². The maximum Gasteiger partial charge on any atom is 0.0992 e. The number of rotatable bonds is 2. The van der Waals surface area contributed by atoms with E-state index in [2.05, 4.69) is 26.9 Å². The summed E-state index contributed by atoms with van der Waals surface area (Å²) >= 11 is 3.53. The van der Waals surface area contributed by atoms with Crippen molar-refractivity contribution in [3.63, 3.8) is 0 Å². The highest BCUT2D eigenvalue weighted by atomic mass is 79.9. The molecule has 1 aromatic carbocycles. The smallest absolute Gasteiger partial charge is 0.0992 e. The van der Waals surface area contributed by atoms with E-state index in [4.69, 9.17) is 10.00 Å². The zero-order valence-electron chi connectivity index (χ0n) is 9.82. The molecule has 0 N–H and O–H groups in total. The molecule has 1 aromatic rings. The Hall–Kier alpha value is -1.05. The first kappa shape index (κ1) is 12.4. The lowest BCUT2D eigenvalue weighted by molar-refractivity contribution is 0.0819. The lowest BCUT2D eigenvalue weighted by atomic mass is 10.1. The van der Waals surface area contributed by atoms with Gasteiger partial charge in [-0.2, -0.15) is 5.26 Å². The summed E-state index contributed by atoms with van der Waals surface area (Å²) in [5.41, 5.74) is 1.85. The van der Waals surface area contributed by atoms with E-state index < -0.39 is 0 Å². The maximum atomic E-state index is 8.83. The van der Waals surface area contributed by atoms with Gasteiger partial charge in [0.25, 0.3) is 0 Å². The van der Waals surface area contributed by atoms with E-state index in [9.17, 15) is 0 Å². The van der Waals surface area contributed by atoms with E-state index >= 15 is 0 Å². The molecular formula is C13H15BrN2O. The normalized spacial score (nSPS) is 16.9. The summed E-state index contributed by atoms with van der Waals surface area (Å²) in [6, 6.07) is 7.89. The van der Waals surface area contributed by atoms with E-state index in [0.717, 1.165) is 30.4 Å². The largest absolute Gasteiger partial charge is 0.381 e. The first-order valence-electron chi connectivity index (χ1n) is 5.72. The predicted molar refractivity (Wildman–Crippen MR) is 71.1 cm³/mol. The zero-order chi connectivity index (χ0) is 12.3. The maximum absolute atomic E-state index is 8.83. The minimum Gasteiger partial charge on any atom is -0.381 e. The highest BCUT2D eigenvalue weighted by molar-refractivity contribution is 9.10. The third-order valence-electron chi connectivity index (χ3n) is 3.19. The second kappa shape index (κ2) is 5.52. The van der Waals surface area contributed by atoms with Crippen molar-refractivity contribution in [2.24, 2.45) is 0 Å². The highest BCUT2D eigenvalue weighted by Crippen LogP contribution is 2.29. The third-order valence-corrected chi connectivity index (χ3v) is 3.83.